The monoisotopic (exact) mass is 408 g/mol. The number of carbonyl (C=O) groups excluding carboxylic acids is 1. The fourth-order valence-electron chi connectivity index (χ4n) is 2.37. The van der Waals surface area contributed by atoms with Crippen molar-refractivity contribution in [2.24, 2.45) is 15.3 Å². The molecule has 3 aromatic rings. The van der Waals surface area contributed by atoms with Gasteiger partial charge in [0.05, 0.1) is 16.9 Å². The summed E-state index contributed by atoms with van der Waals surface area (Å²) in [5.41, 5.74) is 3.98. The molecule has 0 radical (unpaired) electrons. The van der Waals surface area contributed by atoms with Crippen LogP contribution in [-0.2, 0) is 4.79 Å². The van der Waals surface area contributed by atoms with Crippen LogP contribution in [0.2, 0.25) is 5.02 Å². The summed E-state index contributed by atoms with van der Waals surface area (Å²) in [6.45, 7) is 0. The van der Waals surface area contributed by atoms with E-state index in [0.717, 1.165) is 0 Å². The first-order valence-electron chi connectivity index (χ1n) is 8.60. The van der Waals surface area contributed by atoms with Crippen LogP contribution in [0.5, 0.6) is 5.75 Å². The van der Waals surface area contributed by atoms with Crippen LogP contribution in [0.3, 0.4) is 0 Å². The number of hydrogen-bond donors (Lipinski definition) is 3. The number of hydrogen-bond acceptors (Lipinski definition) is 6. The number of nitrogens with zero attached hydrogens (tertiary/aromatic N) is 3. The Labute approximate surface area is 172 Å². The molecule has 0 aromatic heterocycles. The number of rotatable bonds is 6. The molecule has 1 atom stereocenters. The van der Waals surface area contributed by atoms with Crippen LogP contribution in [0.15, 0.2) is 88.1 Å². The molecule has 0 aliphatic carbocycles. The molecular formula is C21H17ClN4O3. The summed E-state index contributed by atoms with van der Waals surface area (Å²) in [7, 11) is 0. The molecule has 0 saturated heterocycles. The van der Waals surface area contributed by atoms with Gasteiger partial charge in [-0.25, -0.2) is 5.43 Å². The average molecular weight is 409 g/mol. The molecule has 146 valence electrons. The number of aliphatic hydroxyl groups is 1. The maximum atomic E-state index is 12.0. The Morgan fingerprint density at radius 2 is 1.72 bits per heavy atom. The summed E-state index contributed by atoms with van der Waals surface area (Å²) in [5.74, 6) is -0.746. The van der Waals surface area contributed by atoms with Crippen molar-refractivity contribution in [3.05, 3.63) is 88.9 Å². The van der Waals surface area contributed by atoms with Crippen molar-refractivity contribution in [2.75, 3.05) is 0 Å². The smallest absolute Gasteiger partial charge is 0.273 e. The topological polar surface area (TPSA) is 107 Å². The molecule has 0 saturated carbocycles. The lowest BCUT2D eigenvalue weighted by Crippen LogP contribution is -2.25. The minimum absolute atomic E-state index is 0.0525. The summed E-state index contributed by atoms with van der Waals surface area (Å²) in [6.07, 6.45) is -0.0999. The van der Waals surface area contributed by atoms with Gasteiger partial charge in [0.2, 0.25) is 0 Å². The molecule has 3 N–H and O–H groups in total. The fraction of sp³-hybridized carbons (Fsp3) is 0.0476. The zero-order chi connectivity index (χ0) is 20.6. The molecule has 8 heteroatoms. The van der Waals surface area contributed by atoms with Gasteiger partial charge in [0.15, 0.2) is 6.10 Å². The Balaban J connectivity index is 1.68. The van der Waals surface area contributed by atoms with Crippen molar-refractivity contribution in [3.8, 4) is 5.75 Å². The van der Waals surface area contributed by atoms with Crippen LogP contribution in [0.25, 0.3) is 0 Å². The number of phenolic OH excluding ortho intramolecular Hbond substituents is 1. The third-order valence-electron chi connectivity index (χ3n) is 3.88. The molecule has 29 heavy (non-hydrogen) atoms. The molecule has 3 aromatic carbocycles. The van der Waals surface area contributed by atoms with Crippen molar-refractivity contribution in [1.82, 2.24) is 5.43 Å². The normalized spacial score (nSPS) is 12.3. The molecule has 0 heterocycles. The first kappa shape index (κ1) is 20.2. The van der Waals surface area contributed by atoms with E-state index in [4.69, 9.17) is 11.6 Å². The summed E-state index contributed by atoms with van der Waals surface area (Å²) >= 11 is 6.04. The lowest BCUT2D eigenvalue weighted by Gasteiger charge is -2.08. The highest BCUT2D eigenvalue weighted by atomic mass is 35.5. The van der Waals surface area contributed by atoms with Gasteiger partial charge in [-0.05, 0) is 35.9 Å². The van der Waals surface area contributed by atoms with Crippen molar-refractivity contribution >= 4 is 35.1 Å². The molecular weight excluding hydrogens is 392 g/mol. The van der Waals surface area contributed by atoms with Gasteiger partial charge in [0.25, 0.3) is 5.91 Å². The molecule has 0 spiro atoms. The zero-order valence-corrected chi connectivity index (χ0v) is 15.9. The van der Waals surface area contributed by atoms with Crippen molar-refractivity contribution in [2.45, 2.75) is 6.10 Å². The van der Waals surface area contributed by atoms with Gasteiger partial charge in [0, 0.05) is 5.56 Å². The highest BCUT2D eigenvalue weighted by molar-refractivity contribution is 6.32. The Bertz CT molecular complexity index is 1050. The Morgan fingerprint density at radius 1 is 1.00 bits per heavy atom. The van der Waals surface area contributed by atoms with Gasteiger partial charge < -0.3 is 10.2 Å². The van der Waals surface area contributed by atoms with E-state index in [2.05, 4.69) is 20.8 Å². The lowest BCUT2D eigenvalue weighted by atomic mass is 10.1. The average Bonchev–Trinajstić information content (AvgIpc) is 2.75. The van der Waals surface area contributed by atoms with E-state index in [-0.39, 0.29) is 5.75 Å². The van der Waals surface area contributed by atoms with Crippen LogP contribution in [0, 0.1) is 0 Å². The predicted octanol–water partition coefficient (Wildman–Crippen LogP) is 4.64. The van der Waals surface area contributed by atoms with Gasteiger partial charge >= 0.3 is 0 Å². The number of hydrazone groups is 1. The second-order valence-corrected chi connectivity index (χ2v) is 6.35. The predicted molar refractivity (Wildman–Crippen MR) is 111 cm³/mol. The lowest BCUT2D eigenvalue weighted by molar-refractivity contribution is -0.129. The van der Waals surface area contributed by atoms with E-state index in [1.165, 1.54) is 12.3 Å². The van der Waals surface area contributed by atoms with Crippen LogP contribution >= 0.6 is 11.6 Å². The Hall–Kier alpha value is -3.55. The second kappa shape index (κ2) is 9.59. The van der Waals surface area contributed by atoms with E-state index in [1.54, 1.807) is 66.7 Å². The largest absolute Gasteiger partial charge is 0.507 e. The van der Waals surface area contributed by atoms with Gasteiger partial charge in [0.1, 0.15) is 11.4 Å². The van der Waals surface area contributed by atoms with Crippen molar-refractivity contribution in [1.29, 1.82) is 0 Å². The number of amides is 1. The van der Waals surface area contributed by atoms with E-state index >= 15 is 0 Å². The molecule has 0 fully saturated rings. The summed E-state index contributed by atoms with van der Waals surface area (Å²) < 4.78 is 0. The third kappa shape index (κ3) is 5.47. The number of azo groups is 1. The van der Waals surface area contributed by atoms with Gasteiger partial charge in [-0.15, -0.1) is 5.11 Å². The van der Waals surface area contributed by atoms with Crippen LogP contribution in [0.1, 0.15) is 17.2 Å². The van der Waals surface area contributed by atoms with E-state index in [0.29, 0.717) is 27.5 Å². The fourth-order valence-corrected chi connectivity index (χ4v) is 2.54. The number of halogens is 1. The molecule has 0 bridgehead atoms. The van der Waals surface area contributed by atoms with Crippen LogP contribution in [0.4, 0.5) is 11.4 Å². The first-order valence-corrected chi connectivity index (χ1v) is 8.97. The highest BCUT2D eigenvalue weighted by Gasteiger charge is 2.16. The zero-order valence-electron chi connectivity index (χ0n) is 15.1. The third-order valence-corrected chi connectivity index (χ3v) is 4.20. The molecule has 1 unspecified atom stereocenters. The summed E-state index contributed by atoms with van der Waals surface area (Å²) in [6, 6.07) is 20.0. The van der Waals surface area contributed by atoms with Crippen molar-refractivity contribution < 1.29 is 15.0 Å². The molecule has 7 nitrogen and oxygen atoms in total. The van der Waals surface area contributed by atoms with Gasteiger partial charge in [-0.3, -0.25) is 4.79 Å². The van der Waals surface area contributed by atoms with Crippen LogP contribution in [-0.4, -0.2) is 22.3 Å². The second-order valence-electron chi connectivity index (χ2n) is 5.94. The van der Waals surface area contributed by atoms with E-state index in [1.807, 2.05) is 0 Å². The number of phenols is 1. The standard InChI is InChI=1S/C21H17ClN4O3/c22-17-8-4-5-9-18(17)25-24-16-10-11-19(27)15(12-16)13-23-26-21(29)20(28)14-6-2-1-3-7-14/h1-13,20,27-28H,(H,26,29). The number of aromatic hydroxyl groups is 1. The SMILES string of the molecule is O=C(NN=Cc1cc(N=Nc2ccccc2Cl)ccc1O)C(O)c1ccccc1. The van der Waals surface area contributed by atoms with E-state index in [9.17, 15) is 15.0 Å². The van der Waals surface area contributed by atoms with Gasteiger partial charge in [-0.2, -0.15) is 10.2 Å². The van der Waals surface area contributed by atoms with E-state index < -0.39 is 12.0 Å². The van der Waals surface area contributed by atoms with Gasteiger partial charge in [-0.1, -0.05) is 54.1 Å². The Kier molecular flexibility index (Phi) is 6.67. The number of aliphatic hydroxyl groups excluding tert-OH is 1. The number of carbonyl (C=O) groups is 1. The number of benzene rings is 3. The molecule has 0 aliphatic heterocycles. The first-order chi connectivity index (χ1) is 14.0. The van der Waals surface area contributed by atoms with Crippen LogP contribution < -0.4 is 5.43 Å². The quantitative estimate of drug-likeness (QED) is 0.314. The summed E-state index contributed by atoms with van der Waals surface area (Å²) in [5, 5.41) is 32.4. The maximum Gasteiger partial charge on any atom is 0.273 e. The minimum Gasteiger partial charge on any atom is -0.507 e. The molecule has 0 aliphatic rings. The molecule has 3 rings (SSSR count). The summed E-state index contributed by atoms with van der Waals surface area (Å²) in [4.78, 5) is 12.0. The molecule has 1 amide bonds. The highest BCUT2D eigenvalue weighted by Crippen LogP contribution is 2.27. The minimum atomic E-state index is -1.35. The van der Waals surface area contributed by atoms with Crippen molar-refractivity contribution in [3.63, 3.8) is 0 Å². The Morgan fingerprint density at radius 3 is 2.48 bits per heavy atom. The maximum absolute atomic E-state index is 12.0. The number of nitrogens with one attached hydrogen (secondary N) is 1.